The molecule has 0 saturated carbocycles. The quantitative estimate of drug-likeness (QED) is 0.495. The van der Waals surface area contributed by atoms with Crippen LogP contribution >= 0.6 is 0 Å². The van der Waals surface area contributed by atoms with E-state index in [1.807, 2.05) is 6.08 Å². The molecule has 0 bridgehead atoms. The number of nitrogens with zero attached hydrogens (tertiary/aromatic N) is 1. The zero-order chi connectivity index (χ0) is 11.9. The van der Waals surface area contributed by atoms with Crippen LogP contribution in [0.15, 0.2) is 12.7 Å². The van der Waals surface area contributed by atoms with Gasteiger partial charge in [0.05, 0.1) is 6.10 Å². The van der Waals surface area contributed by atoms with Crippen molar-refractivity contribution in [3.8, 4) is 0 Å². The van der Waals surface area contributed by atoms with Crippen LogP contribution in [0, 0.1) is 0 Å². The van der Waals surface area contributed by atoms with E-state index in [4.69, 9.17) is 0 Å². The predicted octanol–water partition coefficient (Wildman–Crippen LogP) is 2.82. The van der Waals surface area contributed by atoms with Crippen molar-refractivity contribution >= 4 is 0 Å². The summed E-state index contributed by atoms with van der Waals surface area (Å²) in [5.74, 6) is 0. The molecule has 0 aromatic heterocycles. The van der Waals surface area contributed by atoms with Crippen LogP contribution in [0.5, 0.6) is 0 Å². The molecule has 0 rings (SSSR count). The topological polar surface area (TPSA) is 23.5 Å². The number of likely N-dealkylation sites (N-methyl/N-ethyl adjacent to an activating group) is 1. The maximum Gasteiger partial charge on any atom is 0.0718 e. The Morgan fingerprint density at radius 2 is 1.87 bits per heavy atom. The van der Waals surface area contributed by atoms with Gasteiger partial charge >= 0.3 is 0 Å². The number of hydrogen-bond donors (Lipinski definition) is 1. The van der Waals surface area contributed by atoms with Crippen molar-refractivity contribution in [2.75, 3.05) is 13.1 Å². The molecule has 1 atom stereocenters. The molecule has 0 aromatic rings. The van der Waals surface area contributed by atoms with Crippen LogP contribution < -0.4 is 0 Å². The SMILES string of the molecule is C=CCCCC(O)C(C)(C)N(CC)CC. The Bertz CT molecular complexity index is 173. The summed E-state index contributed by atoms with van der Waals surface area (Å²) < 4.78 is 0. The van der Waals surface area contributed by atoms with Crippen molar-refractivity contribution in [1.82, 2.24) is 4.90 Å². The highest BCUT2D eigenvalue weighted by atomic mass is 16.3. The highest BCUT2D eigenvalue weighted by molar-refractivity contribution is 4.88. The van der Waals surface area contributed by atoms with Crippen LogP contribution in [-0.2, 0) is 0 Å². The van der Waals surface area contributed by atoms with E-state index in [0.29, 0.717) is 0 Å². The van der Waals surface area contributed by atoms with E-state index in [-0.39, 0.29) is 11.6 Å². The number of hydrogen-bond acceptors (Lipinski definition) is 2. The van der Waals surface area contributed by atoms with Crippen LogP contribution in [0.2, 0.25) is 0 Å². The van der Waals surface area contributed by atoms with Gasteiger partial charge in [-0.25, -0.2) is 0 Å². The van der Waals surface area contributed by atoms with E-state index in [2.05, 4.69) is 39.2 Å². The summed E-state index contributed by atoms with van der Waals surface area (Å²) in [5.41, 5.74) is -0.120. The van der Waals surface area contributed by atoms with Crippen molar-refractivity contribution in [2.45, 2.75) is 58.6 Å². The van der Waals surface area contributed by atoms with Gasteiger partial charge in [-0.1, -0.05) is 19.9 Å². The minimum Gasteiger partial charge on any atom is -0.391 e. The molecule has 2 nitrogen and oxygen atoms in total. The molecule has 0 saturated heterocycles. The first-order valence-corrected chi connectivity index (χ1v) is 6.04. The van der Waals surface area contributed by atoms with Gasteiger partial charge in [0.15, 0.2) is 0 Å². The highest BCUT2D eigenvalue weighted by Crippen LogP contribution is 2.22. The number of aliphatic hydroxyl groups excluding tert-OH is 1. The fourth-order valence-electron chi connectivity index (χ4n) is 2.06. The average Bonchev–Trinajstić information content (AvgIpc) is 2.19. The summed E-state index contributed by atoms with van der Waals surface area (Å²) >= 11 is 0. The third-order valence-corrected chi connectivity index (χ3v) is 3.28. The summed E-state index contributed by atoms with van der Waals surface area (Å²) in [4.78, 5) is 2.31. The molecule has 0 aromatic carbocycles. The van der Waals surface area contributed by atoms with Crippen molar-refractivity contribution < 1.29 is 5.11 Å². The van der Waals surface area contributed by atoms with E-state index < -0.39 is 0 Å². The Balaban J connectivity index is 4.22. The van der Waals surface area contributed by atoms with Crippen molar-refractivity contribution in [3.63, 3.8) is 0 Å². The van der Waals surface area contributed by atoms with Crippen molar-refractivity contribution in [2.24, 2.45) is 0 Å². The summed E-state index contributed by atoms with van der Waals surface area (Å²) in [6.07, 6.45) is 4.53. The zero-order valence-electron chi connectivity index (χ0n) is 10.8. The Morgan fingerprint density at radius 3 is 2.27 bits per heavy atom. The fraction of sp³-hybridized carbons (Fsp3) is 0.846. The van der Waals surface area contributed by atoms with Gasteiger partial charge in [-0.05, 0) is 46.2 Å². The summed E-state index contributed by atoms with van der Waals surface area (Å²) in [6, 6.07) is 0. The van der Waals surface area contributed by atoms with Crippen LogP contribution in [-0.4, -0.2) is 34.7 Å². The van der Waals surface area contributed by atoms with Crippen molar-refractivity contribution in [1.29, 1.82) is 0 Å². The summed E-state index contributed by atoms with van der Waals surface area (Å²) in [6.45, 7) is 14.2. The van der Waals surface area contributed by atoms with E-state index in [1.165, 1.54) is 0 Å². The first-order chi connectivity index (χ1) is 7.00. The largest absolute Gasteiger partial charge is 0.391 e. The number of allylic oxidation sites excluding steroid dienone is 1. The minimum atomic E-state index is -0.252. The number of unbranched alkanes of at least 4 members (excludes halogenated alkanes) is 1. The molecule has 2 heteroatoms. The fourth-order valence-corrected chi connectivity index (χ4v) is 2.06. The summed E-state index contributed by atoms with van der Waals surface area (Å²) in [5, 5.41) is 10.2. The van der Waals surface area contributed by atoms with Gasteiger partial charge < -0.3 is 5.11 Å². The lowest BCUT2D eigenvalue weighted by molar-refractivity contribution is -0.00992. The summed E-state index contributed by atoms with van der Waals surface area (Å²) in [7, 11) is 0. The van der Waals surface area contributed by atoms with E-state index in [0.717, 1.165) is 32.4 Å². The maximum absolute atomic E-state index is 10.2. The molecule has 0 aliphatic rings. The smallest absolute Gasteiger partial charge is 0.0718 e. The lowest BCUT2D eigenvalue weighted by atomic mass is 9.91. The minimum absolute atomic E-state index is 0.120. The number of rotatable bonds is 8. The zero-order valence-corrected chi connectivity index (χ0v) is 10.8. The Kier molecular flexibility index (Phi) is 6.86. The van der Waals surface area contributed by atoms with Gasteiger partial charge in [-0.3, -0.25) is 4.90 Å². The molecule has 0 fully saturated rings. The molecule has 15 heavy (non-hydrogen) atoms. The molecule has 1 unspecified atom stereocenters. The van der Waals surface area contributed by atoms with Gasteiger partial charge in [0, 0.05) is 5.54 Å². The van der Waals surface area contributed by atoms with E-state index in [9.17, 15) is 5.11 Å². The standard InChI is InChI=1S/C13H27NO/c1-6-9-10-11-12(15)13(4,5)14(7-2)8-3/h6,12,15H,1,7-11H2,2-5H3. The van der Waals surface area contributed by atoms with Crippen LogP contribution in [0.25, 0.3) is 0 Å². The van der Waals surface area contributed by atoms with Gasteiger partial charge in [0.2, 0.25) is 0 Å². The molecular weight excluding hydrogens is 186 g/mol. The lowest BCUT2D eigenvalue weighted by Crippen LogP contribution is -2.52. The molecular formula is C13H27NO. The first kappa shape index (κ1) is 14.7. The average molecular weight is 213 g/mol. The second-order valence-electron chi connectivity index (χ2n) is 4.56. The second-order valence-corrected chi connectivity index (χ2v) is 4.56. The van der Waals surface area contributed by atoms with Gasteiger partial charge in [-0.2, -0.15) is 0 Å². The monoisotopic (exact) mass is 213 g/mol. The second kappa shape index (κ2) is 7.02. The molecule has 1 N–H and O–H groups in total. The third-order valence-electron chi connectivity index (χ3n) is 3.28. The van der Waals surface area contributed by atoms with Gasteiger partial charge in [0.1, 0.15) is 0 Å². The molecule has 0 heterocycles. The Labute approximate surface area is 95.0 Å². The third kappa shape index (κ3) is 4.35. The van der Waals surface area contributed by atoms with Crippen molar-refractivity contribution in [3.05, 3.63) is 12.7 Å². The molecule has 90 valence electrons. The lowest BCUT2D eigenvalue weighted by Gasteiger charge is -2.41. The van der Waals surface area contributed by atoms with Crippen LogP contribution in [0.4, 0.5) is 0 Å². The van der Waals surface area contributed by atoms with Crippen LogP contribution in [0.3, 0.4) is 0 Å². The van der Waals surface area contributed by atoms with Crippen LogP contribution in [0.1, 0.15) is 47.0 Å². The number of aliphatic hydroxyl groups is 1. The normalized spacial score (nSPS) is 14.3. The molecule has 0 aliphatic carbocycles. The highest BCUT2D eigenvalue weighted by Gasteiger charge is 2.31. The van der Waals surface area contributed by atoms with Gasteiger partial charge in [0.25, 0.3) is 0 Å². The first-order valence-electron chi connectivity index (χ1n) is 6.04. The molecule has 0 amide bonds. The van der Waals surface area contributed by atoms with E-state index >= 15 is 0 Å². The molecule has 0 radical (unpaired) electrons. The van der Waals surface area contributed by atoms with E-state index in [1.54, 1.807) is 0 Å². The molecule has 0 aliphatic heterocycles. The predicted molar refractivity (Wildman–Crippen MR) is 67.1 cm³/mol. The maximum atomic E-state index is 10.2. The van der Waals surface area contributed by atoms with Gasteiger partial charge in [-0.15, -0.1) is 6.58 Å². The Morgan fingerprint density at radius 1 is 1.33 bits per heavy atom. The Hall–Kier alpha value is -0.340. The molecule has 0 spiro atoms.